The van der Waals surface area contributed by atoms with E-state index in [0.29, 0.717) is 16.7 Å². The lowest BCUT2D eigenvalue weighted by Gasteiger charge is -2.12. The number of thioether (sulfide) groups is 1. The van der Waals surface area contributed by atoms with E-state index in [-0.39, 0.29) is 11.7 Å². The number of carbonyl (C=O) groups is 1. The van der Waals surface area contributed by atoms with Crippen molar-refractivity contribution in [2.75, 3.05) is 5.32 Å². The number of hydrogen-bond acceptors (Lipinski definition) is 6. The van der Waals surface area contributed by atoms with Crippen LogP contribution in [0.2, 0.25) is 0 Å². The van der Waals surface area contributed by atoms with Crippen LogP contribution in [0.15, 0.2) is 46.2 Å². The third kappa shape index (κ3) is 4.50. The Bertz CT molecular complexity index is 956. The molecule has 2 heterocycles. The van der Waals surface area contributed by atoms with Gasteiger partial charge in [-0.25, -0.2) is 0 Å². The summed E-state index contributed by atoms with van der Waals surface area (Å²) in [6, 6.07) is 7.53. The summed E-state index contributed by atoms with van der Waals surface area (Å²) in [5.41, 5.74) is 1.32. The molecule has 0 fully saturated rings. The molecule has 3 rings (SSSR count). The van der Waals surface area contributed by atoms with Gasteiger partial charge in [-0.05, 0) is 44.2 Å². The number of carbonyl (C=O) groups excluding carboxylic acids is 1. The van der Waals surface area contributed by atoms with Crippen LogP contribution in [-0.2, 0) is 11.8 Å². The lowest BCUT2D eigenvalue weighted by molar-refractivity contribution is -0.115. The standard InChI is InChI=1S/C18H18F2N4O3S/c1-10-14(8-9-26-10)15-22-23-18(24(15)3)28-11(2)16(25)21-12-4-6-13(7-5-12)27-17(19)20/h4-9,11,17H,1-3H3,(H,21,25)/t11-/m0/s1. The highest BCUT2D eigenvalue weighted by atomic mass is 32.2. The number of amides is 1. The fraction of sp³-hybridized carbons (Fsp3) is 0.278. The summed E-state index contributed by atoms with van der Waals surface area (Å²) < 4.78 is 35.7. The van der Waals surface area contributed by atoms with Crippen molar-refractivity contribution >= 4 is 23.4 Å². The topological polar surface area (TPSA) is 82.2 Å². The number of hydrogen-bond donors (Lipinski definition) is 1. The lowest BCUT2D eigenvalue weighted by Crippen LogP contribution is -2.22. The second kappa shape index (κ2) is 8.42. The Labute approximate surface area is 164 Å². The maximum atomic E-state index is 12.4. The van der Waals surface area contributed by atoms with Crippen molar-refractivity contribution in [3.63, 3.8) is 0 Å². The molecule has 0 saturated heterocycles. The van der Waals surface area contributed by atoms with Gasteiger partial charge in [0.15, 0.2) is 11.0 Å². The quantitative estimate of drug-likeness (QED) is 0.593. The van der Waals surface area contributed by atoms with E-state index < -0.39 is 11.9 Å². The van der Waals surface area contributed by atoms with Crippen LogP contribution in [0.4, 0.5) is 14.5 Å². The summed E-state index contributed by atoms with van der Waals surface area (Å²) >= 11 is 1.26. The van der Waals surface area contributed by atoms with Crippen LogP contribution in [0.3, 0.4) is 0 Å². The molecule has 1 aromatic carbocycles. The molecule has 0 aliphatic carbocycles. The Morgan fingerprint density at radius 3 is 2.57 bits per heavy atom. The van der Waals surface area contributed by atoms with Crippen molar-refractivity contribution in [2.45, 2.75) is 30.9 Å². The molecular formula is C18H18F2N4O3S. The molecule has 0 aliphatic heterocycles. The van der Waals surface area contributed by atoms with Gasteiger partial charge in [-0.2, -0.15) is 8.78 Å². The van der Waals surface area contributed by atoms with Gasteiger partial charge >= 0.3 is 6.61 Å². The predicted octanol–water partition coefficient (Wildman–Crippen LogP) is 4.10. The largest absolute Gasteiger partial charge is 0.469 e. The SMILES string of the molecule is Cc1occc1-c1nnc(S[C@@H](C)C(=O)Nc2ccc(OC(F)F)cc2)n1C. The van der Waals surface area contributed by atoms with Gasteiger partial charge in [0.1, 0.15) is 11.5 Å². The van der Waals surface area contributed by atoms with E-state index >= 15 is 0 Å². The summed E-state index contributed by atoms with van der Waals surface area (Å²) in [7, 11) is 1.82. The predicted molar refractivity (Wildman–Crippen MR) is 100 cm³/mol. The zero-order valence-electron chi connectivity index (χ0n) is 15.3. The molecule has 28 heavy (non-hydrogen) atoms. The molecule has 0 aliphatic rings. The first-order valence-electron chi connectivity index (χ1n) is 8.31. The van der Waals surface area contributed by atoms with E-state index in [2.05, 4.69) is 20.3 Å². The van der Waals surface area contributed by atoms with Crippen LogP contribution < -0.4 is 10.1 Å². The normalized spacial score (nSPS) is 12.2. The molecule has 148 valence electrons. The molecular weight excluding hydrogens is 390 g/mol. The van der Waals surface area contributed by atoms with E-state index in [9.17, 15) is 13.6 Å². The zero-order chi connectivity index (χ0) is 20.3. The van der Waals surface area contributed by atoms with Gasteiger partial charge in [-0.3, -0.25) is 4.79 Å². The number of anilines is 1. The summed E-state index contributed by atoms with van der Waals surface area (Å²) in [6.45, 7) is 0.690. The average molecular weight is 408 g/mol. The molecule has 0 saturated carbocycles. The molecule has 0 radical (unpaired) electrons. The van der Waals surface area contributed by atoms with Gasteiger partial charge in [0.2, 0.25) is 5.91 Å². The van der Waals surface area contributed by atoms with Crippen molar-refractivity contribution in [3.05, 3.63) is 42.4 Å². The molecule has 0 bridgehead atoms. The Morgan fingerprint density at radius 1 is 1.25 bits per heavy atom. The highest BCUT2D eigenvalue weighted by Gasteiger charge is 2.20. The fourth-order valence-electron chi connectivity index (χ4n) is 2.44. The van der Waals surface area contributed by atoms with E-state index in [1.165, 1.54) is 36.0 Å². The molecule has 2 aromatic heterocycles. The van der Waals surface area contributed by atoms with Gasteiger partial charge in [0.05, 0.1) is 17.1 Å². The van der Waals surface area contributed by atoms with Crippen LogP contribution in [-0.4, -0.2) is 32.5 Å². The number of nitrogens with zero attached hydrogens (tertiary/aromatic N) is 3. The molecule has 1 N–H and O–H groups in total. The van der Waals surface area contributed by atoms with Crippen molar-refractivity contribution in [1.29, 1.82) is 0 Å². The first kappa shape index (κ1) is 19.9. The second-order valence-corrected chi connectivity index (χ2v) is 7.22. The number of alkyl halides is 2. The fourth-order valence-corrected chi connectivity index (χ4v) is 3.26. The monoisotopic (exact) mass is 408 g/mol. The van der Waals surface area contributed by atoms with Gasteiger partial charge in [0.25, 0.3) is 0 Å². The molecule has 1 amide bonds. The Morgan fingerprint density at radius 2 is 1.96 bits per heavy atom. The van der Waals surface area contributed by atoms with Crippen LogP contribution in [0.25, 0.3) is 11.4 Å². The minimum absolute atomic E-state index is 0.0246. The first-order valence-corrected chi connectivity index (χ1v) is 9.19. The summed E-state index contributed by atoms with van der Waals surface area (Å²) in [4.78, 5) is 12.4. The van der Waals surface area contributed by atoms with Crippen molar-refractivity contribution in [1.82, 2.24) is 14.8 Å². The van der Waals surface area contributed by atoms with Gasteiger partial charge in [0, 0.05) is 12.7 Å². The van der Waals surface area contributed by atoms with E-state index in [1.807, 2.05) is 20.0 Å². The number of benzene rings is 1. The molecule has 10 heteroatoms. The Hall–Kier alpha value is -2.88. The first-order chi connectivity index (χ1) is 13.3. The minimum Gasteiger partial charge on any atom is -0.469 e. The Balaban J connectivity index is 1.63. The van der Waals surface area contributed by atoms with Crippen molar-refractivity contribution in [2.24, 2.45) is 7.05 Å². The maximum absolute atomic E-state index is 12.4. The van der Waals surface area contributed by atoms with Crippen molar-refractivity contribution in [3.8, 4) is 17.1 Å². The van der Waals surface area contributed by atoms with Gasteiger partial charge < -0.3 is 19.0 Å². The average Bonchev–Trinajstić information content (AvgIpc) is 3.22. The van der Waals surface area contributed by atoms with Gasteiger partial charge in [-0.15, -0.1) is 10.2 Å². The number of ether oxygens (including phenoxy) is 1. The highest BCUT2D eigenvalue weighted by Crippen LogP contribution is 2.28. The van der Waals surface area contributed by atoms with E-state index in [4.69, 9.17) is 4.42 Å². The maximum Gasteiger partial charge on any atom is 0.387 e. The molecule has 1 atom stereocenters. The van der Waals surface area contributed by atoms with Gasteiger partial charge in [-0.1, -0.05) is 11.8 Å². The summed E-state index contributed by atoms with van der Waals surface area (Å²) in [5.74, 6) is 1.15. The summed E-state index contributed by atoms with van der Waals surface area (Å²) in [5, 5.41) is 11.2. The lowest BCUT2D eigenvalue weighted by atomic mass is 10.2. The number of halogens is 2. The molecule has 7 nitrogen and oxygen atoms in total. The number of rotatable bonds is 7. The molecule has 0 spiro atoms. The Kier molecular flexibility index (Phi) is 5.98. The molecule has 3 aromatic rings. The third-order valence-corrected chi connectivity index (χ3v) is 5.07. The minimum atomic E-state index is -2.89. The molecule has 0 unspecified atom stereocenters. The van der Waals surface area contributed by atoms with Crippen LogP contribution in [0.5, 0.6) is 5.75 Å². The van der Waals surface area contributed by atoms with E-state index in [0.717, 1.165) is 11.3 Å². The number of aromatic nitrogens is 3. The zero-order valence-corrected chi connectivity index (χ0v) is 16.2. The third-order valence-electron chi connectivity index (χ3n) is 3.93. The smallest absolute Gasteiger partial charge is 0.387 e. The number of nitrogens with one attached hydrogen (secondary N) is 1. The van der Waals surface area contributed by atoms with Crippen LogP contribution in [0, 0.1) is 6.92 Å². The van der Waals surface area contributed by atoms with E-state index in [1.54, 1.807) is 17.8 Å². The summed E-state index contributed by atoms with van der Waals surface area (Å²) in [6.07, 6.45) is 1.58. The number of furan rings is 1. The number of aryl methyl sites for hydroxylation is 1. The van der Waals surface area contributed by atoms with Crippen LogP contribution >= 0.6 is 11.8 Å². The highest BCUT2D eigenvalue weighted by molar-refractivity contribution is 8.00. The second-order valence-electron chi connectivity index (χ2n) is 5.91. The van der Waals surface area contributed by atoms with Crippen molar-refractivity contribution < 1.29 is 22.7 Å². The van der Waals surface area contributed by atoms with Crippen LogP contribution in [0.1, 0.15) is 12.7 Å².